The summed E-state index contributed by atoms with van der Waals surface area (Å²) in [6.45, 7) is -0.192. The third-order valence-electron chi connectivity index (χ3n) is 2.15. The summed E-state index contributed by atoms with van der Waals surface area (Å²) in [5.74, 6) is 0. The van der Waals surface area contributed by atoms with Crippen molar-refractivity contribution in [2.45, 2.75) is 12.9 Å². The Bertz CT molecular complexity index is 522. The van der Waals surface area contributed by atoms with E-state index >= 15 is 0 Å². The van der Waals surface area contributed by atoms with Crippen molar-refractivity contribution in [2.24, 2.45) is 0 Å². The Labute approximate surface area is 94.3 Å². The topological polar surface area (TPSA) is 50.9 Å². The highest BCUT2D eigenvalue weighted by atomic mass is 19.4. The number of aliphatic hydroxyl groups is 1. The van der Waals surface area contributed by atoms with Crippen molar-refractivity contribution in [3.05, 3.63) is 36.3 Å². The van der Waals surface area contributed by atoms with Crippen molar-refractivity contribution in [1.29, 1.82) is 0 Å². The SMILES string of the molecule is OCc1ccnc(-c2cnn(C(F)(F)F)c2)c1. The van der Waals surface area contributed by atoms with E-state index in [9.17, 15) is 13.2 Å². The molecule has 4 nitrogen and oxygen atoms in total. The lowest BCUT2D eigenvalue weighted by atomic mass is 10.2. The van der Waals surface area contributed by atoms with Gasteiger partial charge in [0.05, 0.1) is 18.5 Å². The molecule has 0 aromatic carbocycles. The molecule has 2 aromatic heterocycles. The third kappa shape index (κ3) is 2.44. The predicted molar refractivity (Wildman–Crippen MR) is 52.7 cm³/mol. The minimum Gasteiger partial charge on any atom is -0.392 e. The number of rotatable bonds is 2. The van der Waals surface area contributed by atoms with Crippen molar-refractivity contribution in [1.82, 2.24) is 14.8 Å². The van der Waals surface area contributed by atoms with Gasteiger partial charge in [0.25, 0.3) is 0 Å². The second kappa shape index (κ2) is 4.17. The Kier molecular flexibility index (Phi) is 2.84. The molecule has 0 atom stereocenters. The lowest BCUT2D eigenvalue weighted by Gasteiger charge is -2.04. The van der Waals surface area contributed by atoms with Crippen molar-refractivity contribution in [3.8, 4) is 11.3 Å². The lowest BCUT2D eigenvalue weighted by molar-refractivity contribution is -0.212. The van der Waals surface area contributed by atoms with Crippen molar-refractivity contribution >= 4 is 0 Å². The molecule has 0 saturated carbocycles. The molecule has 1 N–H and O–H groups in total. The maximum atomic E-state index is 12.3. The van der Waals surface area contributed by atoms with E-state index in [-0.39, 0.29) is 16.9 Å². The van der Waals surface area contributed by atoms with Crippen LogP contribution in [0.1, 0.15) is 5.56 Å². The molecule has 2 aromatic rings. The number of hydrogen-bond donors (Lipinski definition) is 1. The molecule has 2 rings (SSSR count). The molecule has 17 heavy (non-hydrogen) atoms. The van der Waals surface area contributed by atoms with Gasteiger partial charge in [0.1, 0.15) is 0 Å². The van der Waals surface area contributed by atoms with Crippen LogP contribution in [0, 0.1) is 0 Å². The van der Waals surface area contributed by atoms with Gasteiger partial charge in [-0.3, -0.25) is 4.98 Å². The smallest absolute Gasteiger partial charge is 0.392 e. The summed E-state index contributed by atoms with van der Waals surface area (Å²) in [5.41, 5.74) is 1.17. The standard InChI is InChI=1S/C10H8F3N3O/c11-10(12,13)16-5-8(4-15-16)9-3-7(6-17)1-2-14-9/h1-5,17H,6H2. The number of nitrogens with zero attached hydrogens (tertiary/aromatic N) is 3. The number of aliphatic hydroxyl groups excluding tert-OH is 1. The molecular formula is C10H8F3N3O. The molecule has 0 saturated heterocycles. The Balaban J connectivity index is 2.37. The van der Waals surface area contributed by atoms with Crippen LogP contribution in [0.4, 0.5) is 13.2 Å². The van der Waals surface area contributed by atoms with Crippen LogP contribution in [0.3, 0.4) is 0 Å². The predicted octanol–water partition coefficient (Wildman–Crippen LogP) is 1.91. The first-order valence-electron chi connectivity index (χ1n) is 4.69. The summed E-state index contributed by atoms with van der Waals surface area (Å²) in [7, 11) is 0. The number of hydrogen-bond acceptors (Lipinski definition) is 3. The van der Waals surface area contributed by atoms with Crippen LogP contribution in [0.2, 0.25) is 0 Å². The largest absolute Gasteiger partial charge is 0.504 e. The molecule has 0 aliphatic rings. The molecule has 0 aliphatic carbocycles. The fraction of sp³-hybridized carbons (Fsp3) is 0.200. The van der Waals surface area contributed by atoms with Gasteiger partial charge < -0.3 is 5.11 Å². The summed E-state index contributed by atoms with van der Waals surface area (Å²) in [5, 5.41) is 12.1. The molecule has 0 aliphatic heterocycles. The summed E-state index contributed by atoms with van der Waals surface area (Å²) >= 11 is 0. The van der Waals surface area contributed by atoms with Gasteiger partial charge in [-0.05, 0) is 17.7 Å². The van der Waals surface area contributed by atoms with Crippen LogP contribution < -0.4 is 0 Å². The van der Waals surface area contributed by atoms with Crippen LogP contribution in [0.15, 0.2) is 30.7 Å². The molecular weight excluding hydrogens is 235 g/mol. The lowest BCUT2D eigenvalue weighted by Crippen LogP contribution is -2.16. The van der Waals surface area contributed by atoms with E-state index in [0.717, 1.165) is 12.4 Å². The molecule has 0 radical (unpaired) electrons. The van der Waals surface area contributed by atoms with Crippen LogP contribution in [0.25, 0.3) is 11.3 Å². The van der Waals surface area contributed by atoms with Crippen LogP contribution in [-0.2, 0) is 12.9 Å². The van der Waals surface area contributed by atoms with Gasteiger partial charge in [-0.25, -0.2) is 0 Å². The molecule has 90 valence electrons. The Morgan fingerprint density at radius 1 is 1.35 bits per heavy atom. The molecule has 0 spiro atoms. The Morgan fingerprint density at radius 3 is 2.71 bits per heavy atom. The van der Waals surface area contributed by atoms with Crippen molar-refractivity contribution < 1.29 is 18.3 Å². The monoisotopic (exact) mass is 243 g/mol. The first-order valence-corrected chi connectivity index (χ1v) is 4.69. The van der Waals surface area contributed by atoms with Gasteiger partial charge in [0.15, 0.2) is 0 Å². The zero-order valence-electron chi connectivity index (χ0n) is 8.52. The third-order valence-corrected chi connectivity index (χ3v) is 2.15. The number of alkyl halides is 3. The van der Waals surface area contributed by atoms with E-state index in [2.05, 4.69) is 10.1 Å². The van der Waals surface area contributed by atoms with Crippen molar-refractivity contribution in [3.63, 3.8) is 0 Å². The fourth-order valence-corrected chi connectivity index (χ4v) is 1.32. The van der Waals surface area contributed by atoms with Gasteiger partial charge in [0, 0.05) is 18.0 Å². The van der Waals surface area contributed by atoms with E-state index < -0.39 is 6.30 Å². The zero-order valence-corrected chi connectivity index (χ0v) is 8.52. The minimum absolute atomic E-state index is 0.0877. The van der Waals surface area contributed by atoms with Gasteiger partial charge in [-0.1, -0.05) is 0 Å². The van der Waals surface area contributed by atoms with Gasteiger partial charge in [-0.2, -0.15) is 9.78 Å². The first kappa shape index (κ1) is 11.6. The van der Waals surface area contributed by atoms with Crippen molar-refractivity contribution in [2.75, 3.05) is 0 Å². The molecule has 0 amide bonds. The van der Waals surface area contributed by atoms with E-state index in [1.165, 1.54) is 12.3 Å². The fourth-order valence-electron chi connectivity index (χ4n) is 1.32. The maximum Gasteiger partial charge on any atom is 0.504 e. The second-order valence-corrected chi connectivity index (χ2v) is 3.35. The molecule has 0 fully saturated rings. The number of pyridine rings is 1. The highest BCUT2D eigenvalue weighted by molar-refractivity contribution is 5.57. The Hall–Kier alpha value is -1.89. The maximum absolute atomic E-state index is 12.3. The second-order valence-electron chi connectivity index (χ2n) is 3.35. The van der Waals surface area contributed by atoms with E-state index in [1.54, 1.807) is 6.07 Å². The molecule has 0 unspecified atom stereocenters. The van der Waals surface area contributed by atoms with Gasteiger partial charge >= 0.3 is 6.30 Å². The average molecular weight is 243 g/mol. The minimum atomic E-state index is -4.53. The van der Waals surface area contributed by atoms with E-state index in [0.29, 0.717) is 11.3 Å². The number of halogens is 3. The molecule has 2 heterocycles. The summed E-state index contributed by atoms with van der Waals surface area (Å²) in [6, 6.07) is 3.09. The summed E-state index contributed by atoms with van der Waals surface area (Å²) in [6.07, 6.45) is -1.18. The highest BCUT2D eigenvalue weighted by Gasteiger charge is 2.31. The van der Waals surface area contributed by atoms with Gasteiger partial charge in [-0.15, -0.1) is 13.2 Å². The number of aromatic nitrogens is 3. The molecule has 7 heteroatoms. The van der Waals surface area contributed by atoms with E-state index in [4.69, 9.17) is 5.11 Å². The van der Waals surface area contributed by atoms with E-state index in [1.807, 2.05) is 0 Å². The normalized spacial score (nSPS) is 11.8. The summed E-state index contributed by atoms with van der Waals surface area (Å²) in [4.78, 5) is 3.92. The average Bonchev–Trinajstić information content (AvgIpc) is 2.78. The Morgan fingerprint density at radius 2 is 2.12 bits per heavy atom. The quantitative estimate of drug-likeness (QED) is 0.876. The first-order chi connectivity index (χ1) is 8.00. The van der Waals surface area contributed by atoms with Gasteiger partial charge in [0.2, 0.25) is 0 Å². The van der Waals surface area contributed by atoms with Crippen LogP contribution in [0.5, 0.6) is 0 Å². The highest BCUT2D eigenvalue weighted by Crippen LogP contribution is 2.24. The zero-order chi connectivity index (χ0) is 12.5. The molecule has 0 bridgehead atoms. The van der Waals surface area contributed by atoms with Crippen LogP contribution >= 0.6 is 0 Å². The van der Waals surface area contributed by atoms with Crippen LogP contribution in [-0.4, -0.2) is 19.9 Å². The summed E-state index contributed by atoms with van der Waals surface area (Å²) < 4.78 is 36.8.